The molecule has 1 unspecified atom stereocenters. The minimum Gasteiger partial charge on any atom is -0.394 e. The molecule has 0 saturated heterocycles. The van der Waals surface area contributed by atoms with Gasteiger partial charge in [-0.2, -0.15) is 0 Å². The molecule has 0 fully saturated rings. The summed E-state index contributed by atoms with van der Waals surface area (Å²) in [5, 5.41) is 21.1. The Balaban J connectivity index is 2.10. The number of amides is 1. The average Bonchev–Trinajstić information content (AvgIpc) is 2.57. The van der Waals surface area contributed by atoms with Crippen molar-refractivity contribution < 1.29 is 19.8 Å². The number of nitrogens with zero attached hydrogens (tertiary/aromatic N) is 1. The third-order valence-electron chi connectivity index (χ3n) is 3.17. The van der Waals surface area contributed by atoms with Gasteiger partial charge in [-0.25, -0.2) is 5.48 Å². The molecule has 0 bridgehead atoms. The number of hydrogen-bond acceptors (Lipinski definition) is 6. The zero-order chi connectivity index (χ0) is 17.5. The number of benzene rings is 1. The van der Waals surface area contributed by atoms with Crippen LogP contribution in [0.4, 0.5) is 11.4 Å². The lowest BCUT2D eigenvalue weighted by atomic mass is 10.1. The fraction of sp³-hybridized carbons (Fsp3) is 0.250. The number of pyridine rings is 1. The van der Waals surface area contributed by atoms with Crippen molar-refractivity contribution in [2.45, 2.75) is 13.0 Å². The SMILES string of the molecule is Cc1cc(I)ccc1Nc1cnccc1C(=O)NOCC(O)CO. The van der Waals surface area contributed by atoms with E-state index in [1.54, 1.807) is 12.3 Å². The number of hydroxylamine groups is 1. The van der Waals surface area contributed by atoms with Crippen LogP contribution in [-0.2, 0) is 4.84 Å². The smallest absolute Gasteiger partial charge is 0.277 e. The van der Waals surface area contributed by atoms with Gasteiger partial charge in [0.1, 0.15) is 12.7 Å². The van der Waals surface area contributed by atoms with E-state index in [2.05, 4.69) is 38.4 Å². The fourth-order valence-electron chi connectivity index (χ4n) is 1.92. The van der Waals surface area contributed by atoms with Crippen LogP contribution < -0.4 is 10.8 Å². The van der Waals surface area contributed by atoms with E-state index in [0.29, 0.717) is 11.3 Å². The molecule has 0 aliphatic heterocycles. The van der Waals surface area contributed by atoms with Crippen LogP contribution in [0.15, 0.2) is 36.7 Å². The molecule has 0 aliphatic rings. The van der Waals surface area contributed by atoms with E-state index in [4.69, 9.17) is 9.94 Å². The normalized spacial score (nSPS) is 11.8. The molecule has 1 heterocycles. The molecule has 1 aromatic heterocycles. The van der Waals surface area contributed by atoms with Gasteiger partial charge in [-0.05, 0) is 59.3 Å². The number of aliphatic hydroxyl groups is 2. The van der Waals surface area contributed by atoms with Crippen molar-refractivity contribution in [2.75, 3.05) is 18.5 Å². The summed E-state index contributed by atoms with van der Waals surface area (Å²) in [7, 11) is 0. The summed E-state index contributed by atoms with van der Waals surface area (Å²) >= 11 is 2.23. The Morgan fingerprint density at radius 3 is 2.88 bits per heavy atom. The van der Waals surface area contributed by atoms with Crippen LogP contribution >= 0.6 is 22.6 Å². The summed E-state index contributed by atoms with van der Waals surface area (Å²) in [5.74, 6) is -0.479. The van der Waals surface area contributed by atoms with Crippen molar-refractivity contribution in [3.63, 3.8) is 0 Å². The summed E-state index contributed by atoms with van der Waals surface area (Å²) in [4.78, 5) is 21.1. The second-order valence-electron chi connectivity index (χ2n) is 5.08. The molecule has 2 aromatic rings. The maximum atomic E-state index is 12.2. The Morgan fingerprint density at radius 2 is 2.17 bits per heavy atom. The second-order valence-corrected chi connectivity index (χ2v) is 6.33. The van der Waals surface area contributed by atoms with Crippen LogP contribution in [0.5, 0.6) is 0 Å². The highest BCUT2D eigenvalue weighted by Crippen LogP contribution is 2.24. The summed E-state index contributed by atoms with van der Waals surface area (Å²) in [6.07, 6.45) is 2.01. The van der Waals surface area contributed by atoms with Gasteiger partial charge in [0.2, 0.25) is 0 Å². The molecule has 1 amide bonds. The fourth-order valence-corrected chi connectivity index (χ4v) is 2.56. The van der Waals surface area contributed by atoms with Crippen LogP contribution in [0, 0.1) is 10.5 Å². The molecule has 1 aromatic carbocycles. The Hall–Kier alpha value is -1.75. The first-order valence-electron chi connectivity index (χ1n) is 7.19. The average molecular weight is 443 g/mol. The maximum Gasteiger partial charge on any atom is 0.277 e. The van der Waals surface area contributed by atoms with Crippen LogP contribution in [0.25, 0.3) is 0 Å². The van der Waals surface area contributed by atoms with Gasteiger partial charge in [0, 0.05) is 15.5 Å². The monoisotopic (exact) mass is 443 g/mol. The van der Waals surface area contributed by atoms with Crippen molar-refractivity contribution >= 4 is 39.9 Å². The van der Waals surface area contributed by atoms with E-state index in [1.165, 1.54) is 6.20 Å². The van der Waals surface area contributed by atoms with Crippen molar-refractivity contribution in [1.29, 1.82) is 0 Å². The number of carbonyl (C=O) groups is 1. The molecule has 0 radical (unpaired) electrons. The zero-order valence-electron chi connectivity index (χ0n) is 13.0. The third kappa shape index (κ3) is 5.13. The van der Waals surface area contributed by atoms with Gasteiger partial charge in [0.05, 0.1) is 24.1 Å². The minimum absolute atomic E-state index is 0.202. The Bertz CT molecular complexity index is 711. The van der Waals surface area contributed by atoms with Crippen LogP contribution in [0.1, 0.15) is 15.9 Å². The molecular weight excluding hydrogens is 425 g/mol. The van der Waals surface area contributed by atoms with Crippen molar-refractivity contribution in [2.24, 2.45) is 0 Å². The Labute approximate surface area is 153 Å². The summed E-state index contributed by atoms with van der Waals surface area (Å²) < 4.78 is 1.12. The topological polar surface area (TPSA) is 104 Å². The predicted molar refractivity (Wildman–Crippen MR) is 97.9 cm³/mol. The van der Waals surface area contributed by atoms with Crippen LogP contribution in [0.3, 0.4) is 0 Å². The van der Waals surface area contributed by atoms with Crippen LogP contribution in [0.2, 0.25) is 0 Å². The second kappa shape index (κ2) is 8.92. The summed E-state index contributed by atoms with van der Waals surface area (Å²) in [6, 6.07) is 7.48. The minimum atomic E-state index is -1.05. The summed E-state index contributed by atoms with van der Waals surface area (Å²) in [6.45, 7) is 1.33. The van der Waals surface area contributed by atoms with Crippen molar-refractivity contribution in [3.8, 4) is 0 Å². The number of hydrogen-bond donors (Lipinski definition) is 4. The van der Waals surface area contributed by atoms with Gasteiger partial charge in [0.25, 0.3) is 5.91 Å². The van der Waals surface area contributed by atoms with Gasteiger partial charge >= 0.3 is 0 Å². The van der Waals surface area contributed by atoms with E-state index in [-0.39, 0.29) is 6.61 Å². The number of aromatic nitrogens is 1. The number of nitrogens with one attached hydrogen (secondary N) is 2. The highest BCUT2D eigenvalue weighted by molar-refractivity contribution is 14.1. The first-order valence-corrected chi connectivity index (χ1v) is 8.27. The Morgan fingerprint density at radius 1 is 1.38 bits per heavy atom. The molecule has 8 heteroatoms. The lowest BCUT2D eigenvalue weighted by molar-refractivity contribution is -0.0295. The highest BCUT2D eigenvalue weighted by atomic mass is 127. The van der Waals surface area contributed by atoms with Gasteiger partial charge < -0.3 is 15.5 Å². The van der Waals surface area contributed by atoms with Crippen molar-refractivity contribution in [1.82, 2.24) is 10.5 Å². The third-order valence-corrected chi connectivity index (χ3v) is 3.85. The molecular formula is C16H18IN3O4. The Kier molecular flexibility index (Phi) is 6.91. The molecule has 0 aliphatic carbocycles. The van der Waals surface area contributed by atoms with Crippen LogP contribution in [-0.4, -0.2) is 40.4 Å². The molecule has 4 N–H and O–H groups in total. The zero-order valence-corrected chi connectivity index (χ0v) is 15.1. The number of halogens is 1. The first-order chi connectivity index (χ1) is 11.5. The van der Waals surface area contributed by atoms with Crippen molar-refractivity contribution in [3.05, 3.63) is 51.4 Å². The van der Waals surface area contributed by atoms with Gasteiger partial charge in [-0.15, -0.1) is 0 Å². The first kappa shape index (κ1) is 18.6. The van der Waals surface area contributed by atoms with Gasteiger partial charge in [-0.3, -0.25) is 14.6 Å². The van der Waals surface area contributed by atoms with E-state index in [0.717, 1.165) is 14.8 Å². The lowest BCUT2D eigenvalue weighted by Crippen LogP contribution is -2.30. The lowest BCUT2D eigenvalue weighted by Gasteiger charge is -2.14. The standard InChI is InChI=1S/C16H18IN3O4/c1-10-6-11(17)2-3-14(10)19-15-7-18-5-4-13(15)16(23)20-24-9-12(22)8-21/h2-7,12,19,21-22H,8-9H2,1H3,(H,20,23). The molecule has 128 valence electrons. The van der Waals surface area contributed by atoms with Gasteiger partial charge in [-0.1, -0.05) is 0 Å². The molecule has 1 atom stereocenters. The molecule has 0 saturated carbocycles. The number of rotatable bonds is 7. The van der Waals surface area contributed by atoms with E-state index < -0.39 is 18.6 Å². The van der Waals surface area contributed by atoms with E-state index in [1.807, 2.05) is 25.1 Å². The molecule has 24 heavy (non-hydrogen) atoms. The number of aliphatic hydroxyl groups excluding tert-OH is 2. The molecule has 2 rings (SSSR count). The van der Waals surface area contributed by atoms with E-state index >= 15 is 0 Å². The highest BCUT2D eigenvalue weighted by Gasteiger charge is 2.13. The number of aryl methyl sites for hydroxylation is 1. The largest absolute Gasteiger partial charge is 0.394 e. The molecule has 0 spiro atoms. The maximum absolute atomic E-state index is 12.2. The van der Waals surface area contributed by atoms with Gasteiger partial charge in [0.15, 0.2) is 0 Å². The predicted octanol–water partition coefficient (Wildman–Crippen LogP) is 1.75. The molecule has 7 nitrogen and oxygen atoms in total. The van der Waals surface area contributed by atoms with E-state index in [9.17, 15) is 9.90 Å². The summed E-state index contributed by atoms with van der Waals surface area (Å²) in [5.41, 5.74) is 5.03. The number of carbonyl (C=O) groups excluding carboxylic acids is 1. The number of anilines is 2. The quantitative estimate of drug-likeness (QED) is 0.384.